The van der Waals surface area contributed by atoms with E-state index in [1.165, 1.54) is 24.4 Å². The summed E-state index contributed by atoms with van der Waals surface area (Å²) in [5.41, 5.74) is 0.897. The van der Waals surface area contributed by atoms with Crippen LogP contribution in [0.1, 0.15) is 0 Å². The SMILES string of the molecule is O=[N+]([O-])c1ccc(-c2ccccc2F)cn1. The minimum Gasteiger partial charge on any atom is -0.358 e. The van der Waals surface area contributed by atoms with Crippen LogP contribution in [0.25, 0.3) is 11.1 Å². The molecule has 0 unspecified atom stereocenters. The van der Waals surface area contributed by atoms with Crippen molar-refractivity contribution in [1.82, 2.24) is 4.98 Å². The van der Waals surface area contributed by atoms with E-state index in [4.69, 9.17) is 0 Å². The Morgan fingerprint density at radius 3 is 2.50 bits per heavy atom. The van der Waals surface area contributed by atoms with Crippen LogP contribution in [0.2, 0.25) is 0 Å². The maximum Gasteiger partial charge on any atom is 0.363 e. The standard InChI is InChI=1S/C11H7FN2O2/c12-10-4-2-1-3-9(10)8-5-6-11(13-7-8)14(15)16/h1-7H. The molecule has 0 saturated carbocycles. The first-order valence-electron chi connectivity index (χ1n) is 4.54. The van der Waals surface area contributed by atoms with Crippen molar-refractivity contribution in [3.05, 3.63) is 58.5 Å². The number of hydrogen-bond donors (Lipinski definition) is 0. The van der Waals surface area contributed by atoms with Crippen molar-refractivity contribution in [3.63, 3.8) is 0 Å². The van der Waals surface area contributed by atoms with E-state index in [0.717, 1.165) is 0 Å². The predicted molar refractivity (Wildman–Crippen MR) is 56.3 cm³/mol. The molecular formula is C11H7FN2O2. The highest BCUT2D eigenvalue weighted by Crippen LogP contribution is 2.22. The molecule has 0 aliphatic heterocycles. The molecule has 80 valence electrons. The summed E-state index contributed by atoms with van der Waals surface area (Å²) >= 11 is 0. The highest BCUT2D eigenvalue weighted by atomic mass is 19.1. The Bertz CT molecular complexity index is 526. The van der Waals surface area contributed by atoms with Crippen LogP contribution in [0.15, 0.2) is 42.6 Å². The quantitative estimate of drug-likeness (QED) is 0.575. The maximum absolute atomic E-state index is 13.4. The van der Waals surface area contributed by atoms with Crippen molar-refractivity contribution in [2.45, 2.75) is 0 Å². The van der Waals surface area contributed by atoms with Gasteiger partial charge in [-0.1, -0.05) is 18.2 Å². The third-order valence-electron chi connectivity index (χ3n) is 2.12. The van der Waals surface area contributed by atoms with Gasteiger partial charge in [-0.05, 0) is 22.0 Å². The molecule has 0 bridgehead atoms. The largest absolute Gasteiger partial charge is 0.363 e. The first-order valence-corrected chi connectivity index (χ1v) is 4.54. The molecular weight excluding hydrogens is 211 g/mol. The lowest BCUT2D eigenvalue weighted by atomic mass is 10.1. The fourth-order valence-electron chi connectivity index (χ4n) is 1.35. The van der Waals surface area contributed by atoms with Crippen LogP contribution in [0, 0.1) is 15.9 Å². The molecule has 0 N–H and O–H groups in total. The molecule has 4 nitrogen and oxygen atoms in total. The zero-order valence-corrected chi connectivity index (χ0v) is 8.13. The number of rotatable bonds is 2. The summed E-state index contributed by atoms with van der Waals surface area (Å²) in [4.78, 5) is 13.4. The Balaban J connectivity index is 2.43. The van der Waals surface area contributed by atoms with Crippen molar-refractivity contribution in [1.29, 1.82) is 0 Å². The van der Waals surface area contributed by atoms with Crippen LogP contribution in [0.5, 0.6) is 0 Å². The highest BCUT2D eigenvalue weighted by Gasteiger charge is 2.09. The number of aromatic nitrogens is 1. The number of pyridine rings is 1. The zero-order chi connectivity index (χ0) is 11.5. The third-order valence-corrected chi connectivity index (χ3v) is 2.12. The molecule has 0 aliphatic rings. The molecule has 0 radical (unpaired) electrons. The van der Waals surface area contributed by atoms with Gasteiger partial charge in [-0.2, -0.15) is 0 Å². The molecule has 0 aliphatic carbocycles. The number of halogens is 1. The van der Waals surface area contributed by atoms with Gasteiger partial charge >= 0.3 is 5.82 Å². The summed E-state index contributed by atoms with van der Waals surface area (Å²) in [6, 6.07) is 8.93. The second kappa shape index (κ2) is 4.06. The fourth-order valence-corrected chi connectivity index (χ4v) is 1.35. The summed E-state index contributed by atoms with van der Waals surface area (Å²) in [6.07, 6.45) is 1.29. The average Bonchev–Trinajstić information content (AvgIpc) is 2.30. The summed E-state index contributed by atoms with van der Waals surface area (Å²) in [7, 11) is 0. The van der Waals surface area contributed by atoms with Crippen LogP contribution in [0.3, 0.4) is 0 Å². The Hall–Kier alpha value is -2.30. The Morgan fingerprint density at radius 2 is 1.94 bits per heavy atom. The van der Waals surface area contributed by atoms with Crippen molar-refractivity contribution in [2.75, 3.05) is 0 Å². The second-order valence-corrected chi connectivity index (χ2v) is 3.14. The monoisotopic (exact) mass is 218 g/mol. The van der Waals surface area contributed by atoms with E-state index in [1.54, 1.807) is 18.2 Å². The van der Waals surface area contributed by atoms with E-state index in [1.807, 2.05) is 0 Å². The van der Waals surface area contributed by atoms with E-state index in [2.05, 4.69) is 4.98 Å². The van der Waals surface area contributed by atoms with Crippen molar-refractivity contribution in [2.24, 2.45) is 0 Å². The second-order valence-electron chi connectivity index (χ2n) is 3.14. The fraction of sp³-hybridized carbons (Fsp3) is 0. The first-order chi connectivity index (χ1) is 7.68. The Kier molecular flexibility index (Phi) is 2.59. The Labute approximate surface area is 90.5 Å². The van der Waals surface area contributed by atoms with Crippen LogP contribution in [0.4, 0.5) is 10.2 Å². The third kappa shape index (κ3) is 1.88. The molecule has 2 aromatic rings. The zero-order valence-electron chi connectivity index (χ0n) is 8.13. The summed E-state index contributed by atoms with van der Waals surface area (Å²) < 4.78 is 13.4. The van der Waals surface area contributed by atoms with Gasteiger partial charge in [-0.25, -0.2) is 4.39 Å². The van der Waals surface area contributed by atoms with Gasteiger partial charge in [0.2, 0.25) is 0 Å². The normalized spacial score (nSPS) is 10.1. The van der Waals surface area contributed by atoms with Crippen LogP contribution < -0.4 is 0 Å². The molecule has 1 aromatic heterocycles. The van der Waals surface area contributed by atoms with Gasteiger partial charge in [0.1, 0.15) is 12.0 Å². The minimum atomic E-state index is -0.592. The molecule has 0 fully saturated rings. The van der Waals surface area contributed by atoms with Gasteiger partial charge in [0.25, 0.3) is 0 Å². The summed E-state index contributed by atoms with van der Waals surface area (Å²) in [6.45, 7) is 0. The van der Waals surface area contributed by atoms with Gasteiger partial charge in [-0.3, -0.25) is 0 Å². The molecule has 1 aromatic carbocycles. The number of nitrogens with zero attached hydrogens (tertiary/aromatic N) is 2. The number of benzene rings is 1. The van der Waals surface area contributed by atoms with Gasteiger partial charge in [0.05, 0.1) is 0 Å². The molecule has 0 atom stereocenters. The topological polar surface area (TPSA) is 56.0 Å². The van der Waals surface area contributed by atoms with E-state index >= 15 is 0 Å². The molecule has 2 rings (SSSR count). The van der Waals surface area contributed by atoms with E-state index < -0.39 is 4.92 Å². The molecule has 0 saturated heterocycles. The molecule has 0 spiro atoms. The van der Waals surface area contributed by atoms with Gasteiger partial charge in [0.15, 0.2) is 0 Å². The molecule has 1 heterocycles. The lowest BCUT2D eigenvalue weighted by molar-refractivity contribution is -0.389. The minimum absolute atomic E-state index is 0.250. The molecule has 16 heavy (non-hydrogen) atoms. The first kappa shape index (κ1) is 10.2. The van der Waals surface area contributed by atoms with Crippen LogP contribution in [-0.4, -0.2) is 9.91 Å². The van der Waals surface area contributed by atoms with Crippen LogP contribution >= 0.6 is 0 Å². The van der Waals surface area contributed by atoms with E-state index in [-0.39, 0.29) is 11.6 Å². The smallest absolute Gasteiger partial charge is 0.358 e. The van der Waals surface area contributed by atoms with E-state index in [0.29, 0.717) is 11.1 Å². The molecule has 0 amide bonds. The number of nitro groups is 1. The maximum atomic E-state index is 13.4. The lowest BCUT2D eigenvalue weighted by Gasteiger charge is -2.00. The highest BCUT2D eigenvalue weighted by molar-refractivity contribution is 5.63. The van der Waals surface area contributed by atoms with Gasteiger partial charge < -0.3 is 10.1 Å². The van der Waals surface area contributed by atoms with E-state index in [9.17, 15) is 14.5 Å². The Morgan fingerprint density at radius 1 is 1.19 bits per heavy atom. The van der Waals surface area contributed by atoms with Gasteiger partial charge in [0, 0.05) is 17.2 Å². The summed E-state index contributed by atoms with van der Waals surface area (Å²) in [5, 5.41) is 10.4. The lowest BCUT2D eigenvalue weighted by Crippen LogP contribution is -1.92. The van der Waals surface area contributed by atoms with Crippen molar-refractivity contribution in [3.8, 4) is 11.1 Å². The van der Waals surface area contributed by atoms with Gasteiger partial charge in [-0.15, -0.1) is 0 Å². The average molecular weight is 218 g/mol. The number of hydrogen-bond acceptors (Lipinski definition) is 3. The van der Waals surface area contributed by atoms with Crippen molar-refractivity contribution >= 4 is 5.82 Å². The predicted octanol–water partition coefficient (Wildman–Crippen LogP) is 2.80. The summed E-state index contributed by atoms with van der Waals surface area (Å²) in [5.74, 6) is -0.627. The van der Waals surface area contributed by atoms with Crippen LogP contribution in [-0.2, 0) is 0 Å². The van der Waals surface area contributed by atoms with Crippen molar-refractivity contribution < 1.29 is 9.31 Å². The molecule has 5 heteroatoms.